The largest absolute Gasteiger partial charge is 0.484 e. The molecule has 1 heterocycles. The summed E-state index contributed by atoms with van der Waals surface area (Å²) in [4.78, 5) is 14.0. The molecule has 1 aliphatic heterocycles. The van der Waals surface area contributed by atoms with Crippen LogP contribution in [0, 0.1) is 0 Å². The number of nitrogens with zero attached hydrogens (tertiary/aromatic N) is 1. The number of nitrogens with one attached hydrogen (secondary N) is 1. The fourth-order valence-electron chi connectivity index (χ4n) is 2.87. The summed E-state index contributed by atoms with van der Waals surface area (Å²) in [5, 5.41) is 0.592. The molecule has 2 aromatic rings. The van der Waals surface area contributed by atoms with Gasteiger partial charge in [-0.1, -0.05) is 23.2 Å². The molecule has 150 valence electrons. The zero-order valence-electron chi connectivity index (χ0n) is 15.0. The van der Waals surface area contributed by atoms with E-state index in [1.54, 1.807) is 4.90 Å². The van der Waals surface area contributed by atoms with Gasteiger partial charge in [-0.15, -0.1) is 0 Å². The fourth-order valence-corrected chi connectivity index (χ4v) is 4.22. The number of hydrogen-bond donors (Lipinski definition) is 1. The topological polar surface area (TPSA) is 75.7 Å². The predicted molar refractivity (Wildman–Crippen MR) is 110 cm³/mol. The van der Waals surface area contributed by atoms with Gasteiger partial charge in [-0.05, 0) is 61.7 Å². The van der Waals surface area contributed by atoms with Crippen molar-refractivity contribution in [2.24, 2.45) is 0 Å². The third-order valence-corrected chi connectivity index (χ3v) is 6.51. The van der Waals surface area contributed by atoms with Crippen molar-refractivity contribution in [3.63, 3.8) is 0 Å². The lowest BCUT2D eigenvalue weighted by atomic mass is 10.1. The molecule has 6 nitrogen and oxygen atoms in total. The normalized spacial score (nSPS) is 14.6. The molecule has 0 bridgehead atoms. The summed E-state index contributed by atoms with van der Waals surface area (Å²) < 4.78 is 32.9. The van der Waals surface area contributed by atoms with Crippen LogP contribution in [0.25, 0.3) is 0 Å². The average molecular weight is 443 g/mol. The molecule has 0 unspecified atom stereocenters. The van der Waals surface area contributed by atoms with E-state index < -0.39 is 10.0 Å². The van der Waals surface area contributed by atoms with Crippen LogP contribution in [0.5, 0.6) is 5.75 Å². The Morgan fingerprint density at radius 2 is 1.68 bits per heavy atom. The van der Waals surface area contributed by atoms with E-state index in [-0.39, 0.29) is 22.4 Å². The highest BCUT2D eigenvalue weighted by Crippen LogP contribution is 2.27. The monoisotopic (exact) mass is 442 g/mol. The lowest BCUT2D eigenvalue weighted by Crippen LogP contribution is -2.38. The van der Waals surface area contributed by atoms with Crippen LogP contribution in [0.4, 0.5) is 5.69 Å². The summed E-state index contributed by atoms with van der Waals surface area (Å²) >= 11 is 11.7. The lowest BCUT2D eigenvalue weighted by molar-refractivity contribution is -0.134. The number of amides is 1. The van der Waals surface area contributed by atoms with Crippen LogP contribution in [0.1, 0.15) is 19.3 Å². The Kier molecular flexibility index (Phi) is 6.69. The van der Waals surface area contributed by atoms with Crippen molar-refractivity contribution in [1.29, 1.82) is 0 Å². The number of anilines is 1. The van der Waals surface area contributed by atoms with E-state index >= 15 is 0 Å². The van der Waals surface area contributed by atoms with Gasteiger partial charge in [0, 0.05) is 13.1 Å². The first kappa shape index (κ1) is 20.8. The molecule has 0 aromatic heterocycles. The number of sulfonamides is 1. The van der Waals surface area contributed by atoms with Gasteiger partial charge >= 0.3 is 0 Å². The number of rotatable bonds is 6. The average Bonchev–Trinajstić information content (AvgIpc) is 2.70. The minimum Gasteiger partial charge on any atom is -0.484 e. The molecule has 28 heavy (non-hydrogen) atoms. The quantitative estimate of drug-likeness (QED) is 0.727. The fraction of sp³-hybridized carbons (Fsp3) is 0.316. The maximum Gasteiger partial charge on any atom is 0.261 e. The minimum absolute atomic E-state index is 0.0577. The number of hydrogen-bond acceptors (Lipinski definition) is 4. The highest BCUT2D eigenvalue weighted by Gasteiger charge is 2.18. The van der Waals surface area contributed by atoms with E-state index in [0.717, 1.165) is 32.4 Å². The Bertz CT molecular complexity index is 943. The summed E-state index contributed by atoms with van der Waals surface area (Å²) in [5.74, 6) is 0.372. The van der Waals surface area contributed by atoms with E-state index in [4.69, 9.17) is 27.9 Å². The van der Waals surface area contributed by atoms with E-state index in [1.165, 1.54) is 42.5 Å². The molecule has 3 rings (SSSR count). The molecule has 0 atom stereocenters. The number of halogens is 2. The number of carbonyl (C=O) groups excluding carboxylic acids is 1. The van der Waals surface area contributed by atoms with Gasteiger partial charge in [0.1, 0.15) is 5.75 Å². The van der Waals surface area contributed by atoms with Gasteiger partial charge in [0.25, 0.3) is 15.9 Å². The highest BCUT2D eigenvalue weighted by molar-refractivity contribution is 7.92. The van der Waals surface area contributed by atoms with Crippen LogP contribution in [0.15, 0.2) is 47.4 Å². The predicted octanol–water partition coefficient (Wildman–Crippen LogP) is 4.19. The Hall–Kier alpha value is -1.96. The Morgan fingerprint density at radius 1 is 1.00 bits per heavy atom. The standard InChI is InChI=1S/C19H20Cl2N2O4S/c20-17-9-4-14(12-18(17)21)22-28(25,26)16-7-5-15(6-8-16)27-13-19(24)23-10-2-1-3-11-23/h4-9,12,22H,1-3,10-11,13H2. The number of benzene rings is 2. The molecule has 0 spiro atoms. The molecular weight excluding hydrogens is 423 g/mol. The van der Waals surface area contributed by atoms with Gasteiger partial charge in [-0.2, -0.15) is 0 Å². The molecular formula is C19H20Cl2N2O4S. The summed E-state index contributed by atoms with van der Waals surface area (Å²) in [5.41, 5.74) is 0.307. The van der Waals surface area contributed by atoms with Gasteiger partial charge < -0.3 is 9.64 Å². The number of piperidine rings is 1. The SMILES string of the molecule is O=C(COc1ccc(S(=O)(=O)Nc2ccc(Cl)c(Cl)c2)cc1)N1CCCCC1. The van der Waals surface area contributed by atoms with Crippen LogP contribution in [-0.2, 0) is 14.8 Å². The van der Waals surface area contributed by atoms with Crippen LogP contribution < -0.4 is 9.46 Å². The third-order valence-electron chi connectivity index (χ3n) is 4.38. The summed E-state index contributed by atoms with van der Waals surface area (Å²) in [6.45, 7) is 1.47. The number of carbonyl (C=O) groups is 1. The number of ether oxygens (including phenoxy) is 1. The van der Waals surface area contributed by atoms with E-state index in [9.17, 15) is 13.2 Å². The number of likely N-dealkylation sites (tertiary alicyclic amines) is 1. The molecule has 0 aliphatic carbocycles. The van der Waals surface area contributed by atoms with Crippen molar-refractivity contribution < 1.29 is 17.9 Å². The van der Waals surface area contributed by atoms with Gasteiger partial charge in [-0.3, -0.25) is 9.52 Å². The first-order valence-corrected chi connectivity index (χ1v) is 11.1. The zero-order valence-corrected chi connectivity index (χ0v) is 17.4. The van der Waals surface area contributed by atoms with Gasteiger partial charge in [0.05, 0.1) is 20.6 Å². The zero-order chi connectivity index (χ0) is 20.1. The van der Waals surface area contributed by atoms with Gasteiger partial charge in [0.15, 0.2) is 6.61 Å². The Balaban J connectivity index is 1.60. The molecule has 2 aromatic carbocycles. The summed E-state index contributed by atoms with van der Waals surface area (Å²) in [7, 11) is -3.79. The molecule has 1 aliphatic rings. The first-order chi connectivity index (χ1) is 13.3. The van der Waals surface area contributed by atoms with Crippen LogP contribution in [0.3, 0.4) is 0 Å². The van der Waals surface area contributed by atoms with Crippen LogP contribution in [-0.4, -0.2) is 38.9 Å². The summed E-state index contributed by atoms with van der Waals surface area (Å²) in [6.07, 6.45) is 3.19. The molecule has 1 amide bonds. The molecule has 1 fully saturated rings. The highest BCUT2D eigenvalue weighted by atomic mass is 35.5. The van der Waals surface area contributed by atoms with Crippen molar-refractivity contribution in [3.05, 3.63) is 52.5 Å². The third kappa shape index (κ3) is 5.31. The van der Waals surface area contributed by atoms with E-state index in [0.29, 0.717) is 16.5 Å². The van der Waals surface area contributed by atoms with Crippen molar-refractivity contribution in [1.82, 2.24) is 4.90 Å². The lowest BCUT2D eigenvalue weighted by Gasteiger charge is -2.26. The second-order valence-electron chi connectivity index (χ2n) is 6.44. The van der Waals surface area contributed by atoms with Gasteiger partial charge in [-0.25, -0.2) is 8.42 Å². The van der Waals surface area contributed by atoms with Crippen molar-refractivity contribution in [3.8, 4) is 5.75 Å². The summed E-state index contributed by atoms with van der Waals surface area (Å²) in [6, 6.07) is 10.3. The Labute approximate surface area is 174 Å². The first-order valence-electron chi connectivity index (χ1n) is 8.84. The van der Waals surface area contributed by atoms with Crippen molar-refractivity contribution in [2.75, 3.05) is 24.4 Å². The van der Waals surface area contributed by atoms with E-state index in [2.05, 4.69) is 4.72 Å². The molecule has 0 saturated carbocycles. The Morgan fingerprint density at radius 3 is 2.32 bits per heavy atom. The van der Waals surface area contributed by atoms with Crippen LogP contribution in [0.2, 0.25) is 10.0 Å². The minimum atomic E-state index is -3.79. The molecule has 1 saturated heterocycles. The molecule has 0 radical (unpaired) electrons. The van der Waals surface area contributed by atoms with E-state index in [1.807, 2.05) is 0 Å². The molecule has 9 heteroatoms. The van der Waals surface area contributed by atoms with Crippen molar-refractivity contribution >= 4 is 44.8 Å². The van der Waals surface area contributed by atoms with Crippen LogP contribution >= 0.6 is 23.2 Å². The smallest absolute Gasteiger partial charge is 0.261 e. The maximum atomic E-state index is 12.5. The van der Waals surface area contributed by atoms with Crippen molar-refractivity contribution in [2.45, 2.75) is 24.2 Å². The second kappa shape index (κ2) is 9.03. The maximum absolute atomic E-state index is 12.5. The molecule has 1 N–H and O–H groups in total. The van der Waals surface area contributed by atoms with Gasteiger partial charge in [0.2, 0.25) is 0 Å². The second-order valence-corrected chi connectivity index (χ2v) is 8.93.